The van der Waals surface area contributed by atoms with Gasteiger partial charge in [-0.15, -0.1) is 0 Å². The van der Waals surface area contributed by atoms with E-state index in [1.807, 2.05) is 30.5 Å². The van der Waals surface area contributed by atoms with Gasteiger partial charge in [0.05, 0.1) is 17.6 Å². The van der Waals surface area contributed by atoms with Crippen molar-refractivity contribution in [1.82, 2.24) is 15.0 Å². The molecule has 0 spiro atoms. The third-order valence-electron chi connectivity index (χ3n) is 4.75. The predicted molar refractivity (Wildman–Crippen MR) is 95.6 cm³/mol. The number of fused-ring (bicyclic) bond motifs is 1. The van der Waals surface area contributed by atoms with Crippen LogP contribution >= 0.6 is 0 Å². The molecule has 2 heterocycles. The lowest BCUT2D eigenvalue weighted by atomic mass is 9.78. The van der Waals surface area contributed by atoms with Gasteiger partial charge in [-0.1, -0.05) is 43.3 Å². The van der Waals surface area contributed by atoms with E-state index in [-0.39, 0.29) is 0 Å². The van der Waals surface area contributed by atoms with Gasteiger partial charge in [-0.3, -0.25) is 9.97 Å². The molecule has 1 aliphatic rings. The van der Waals surface area contributed by atoms with Crippen LogP contribution in [0.15, 0.2) is 54.9 Å². The Hall–Kier alpha value is -2.75. The fourth-order valence-corrected chi connectivity index (χ4v) is 3.68. The van der Waals surface area contributed by atoms with Crippen LogP contribution in [0.25, 0.3) is 11.3 Å². The fraction of sp³-hybridized carbons (Fsp3) is 0.250. The minimum Gasteiger partial charge on any atom is -0.382 e. The van der Waals surface area contributed by atoms with Crippen LogP contribution in [0.2, 0.25) is 0 Å². The second-order valence-electron chi connectivity index (χ2n) is 6.48. The van der Waals surface area contributed by atoms with E-state index in [0.717, 1.165) is 29.8 Å². The Morgan fingerprint density at radius 3 is 2.67 bits per heavy atom. The molecule has 0 fully saturated rings. The van der Waals surface area contributed by atoms with Crippen molar-refractivity contribution in [2.45, 2.75) is 31.6 Å². The Morgan fingerprint density at radius 2 is 1.83 bits per heavy atom. The molecule has 24 heavy (non-hydrogen) atoms. The predicted octanol–water partition coefficient (Wildman–Crippen LogP) is 3.95. The summed E-state index contributed by atoms with van der Waals surface area (Å²) in [7, 11) is 0. The van der Waals surface area contributed by atoms with Crippen LogP contribution in [0.1, 0.15) is 42.1 Å². The maximum Gasteiger partial charge on any atom is 0.142 e. The number of nitrogens with zero attached hydrogens (tertiary/aromatic N) is 3. The van der Waals surface area contributed by atoms with E-state index in [4.69, 9.17) is 5.73 Å². The van der Waals surface area contributed by atoms with E-state index in [1.165, 1.54) is 11.3 Å². The highest BCUT2D eigenvalue weighted by molar-refractivity contribution is 5.64. The second kappa shape index (κ2) is 6.04. The lowest BCUT2D eigenvalue weighted by molar-refractivity contribution is 0.497. The average Bonchev–Trinajstić information content (AvgIpc) is 2.62. The van der Waals surface area contributed by atoms with Crippen molar-refractivity contribution < 1.29 is 0 Å². The third kappa shape index (κ3) is 2.64. The maximum absolute atomic E-state index is 5.91. The number of pyridine rings is 1. The zero-order chi connectivity index (χ0) is 16.5. The highest BCUT2D eigenvalue weighted by Crippen LogP contribution is 2.40. The van der Waals surface area contributed by atoms with Gasteiger partial charge in [0.1, 0.15) is 5.82 Å². The van der Waals surface area contributed by atoms with Crippen LogP contribution in [0.3, 0.4) is 0 Å². The number of benzene rings is 1. The van der Waals surface area contributed by atoms with Gasteiger partial charge in [0, 0.05) is 23.4 Å². The van der Waals surface area contributed by atoms with Gasteiger partial charge in [-0.05, 0) is 30.4 Å². The van der Waals surface area contributed by atoms with Crippen LogP contribution in [-0.4, -0.2) is 15.0 Å². The summed E-state index contributed by atoms with van der Waals surface area (Å²) in [4.78, 5) is 13.8. The van der Waals surface area contributed by atoms with Crippen molar-refractivity contribution in [1.29, 1.82) is 0 Å². The normalized spacial score (nSPS) is 19.7. The van der Waals surface area contributed by atoms with E-state index in [2.05, 4.69) is 40.1 Å². The van der Waals surface area contributed by atoms with Gasteiger partial charge in [-0.25, -0.2) is 4.98 Å². The summed E-state index contributed by atoms with van der Waals surface area (Å²) in [6, 6.07) is 14.4. The molecule has 0 radical (unpaired) electrons. The first-order valence-electron chi connectivity index (χ1n) is 8.34. The van der Waals surface area contributed by atoms with Crippen molar-refractivity contribution in [3.8, 4) is 11.3 Å². The van der Waals surface area contributed by atoms with E-state index in [1.54, 1.807) is 6.20 Å². The first-order chi connectivity index (χ1) is 11.7. The van der Waals surface area contributed by atoms with Crippen molar-refractivity contribution in [2.24, 2.45) is 0 Å². The molecule has 0 saturated carbocycles. The molecule has 0 amide bonds. The van der Waals surface area contributed by atoms with Crippen LogP contribution in [-0.2, 0) is 6.42 Å². The lowest BCUT2D eigenvalue weighted by Gasteiger charge is -2.29. The van der Waals surface area contributed by atoms with Gasteiger partial charge < -0.3 is 5.73 Å². The Labute approximate surface area is 141 Å². The van der Waals surface area contributed by atoms with Gasteiger partial charge in [-0.2, -0.15) is 0 Å². The number of nitrogen functional groups attached to an aromatic ring is 1. The van der Waals surface area contributed by atoms with Crippen LogP contribution in [0.5, 0.6) is 0 Å². The number of aromatic nitrogens is 3. The summed E-state index contributed by atoms with van der Waals surface area (Å²) in [5.41, 5.74) is 11.5. The first kappa shape index (κ1) is 14.8. The zero-order valence-corrected chi connectivity index (χ0v) is 13.7. The van der Waals surface area contributed by atoms with Crippen molar-refractivity contribution in [3.05, 3.63) is 71.8 Å². The number of hydrogen-bond acceptors (Lipinski definition) is 4. The smallest absolute Gasteiger partial charge is 0.142 e. The summed E-state index contributed by atoms with van der Waals surface area (Å²) in [5, 5.41) is 0. The summed E-state index contributed by atoms with van der Waals surface area (Å²) in [5.74, 6) is 1.21. The molecule has 1 aromatic carbocycles. The van der Waals surface area contributed by atoms with Crippen molar-refractivity contribution >= 4 is 5.82 Å². The maximum atomic E-state index is 5.91. The molecular formula is C20H20N4. The largest absolute Gasteiger partial charge is 0.382 e. The topological polar surface area (TPSA) is 64.7 Å². The molecule has 0 aliphatic heterocycles. The highest BCUT2D eigenvalue weighted by atomic mass is 14.9. The molecule has 2 aromatic heterocycles. The molecule has 3 aromatic rings. The number of hydrogen-bond donors (Lipinski definition) is 1. The molecule has 120 valence electrons. The van der Waals surface area contributed by atoms with Crippen molar-refractivity contribution in [3.63, 3.8) is 0 Å². The molecule has 0 bridgehead atoms. The summed E-state index contributed by atoms with van der Waals surface area (Å²) >= 11 is 0. The molecule has 4 heteroatoms. The highest BCUT2D eigenvalue weighted by Gasteiger charge is 2.29. The molecule has 4 nitrogen and oxygen atoms in total. The summed E-state index contributed by atoms with van der Waals surface area (Å²) < 4.78 is 0. The zero-order valence-electron chi connectivity index (χ0n) is 13.7. The molecular weight excluding hydrogens is 296 g/mol. The minimum atomic E-state index is 0.333. The van der Waals surface area contributed by atoms with Gasteiger partial charge >= 0.3 is 0 Å². The lowest BCUT2D eigenvalue weighted by Crippen LogP contribution is -2.19. The van der Waals surface area contributed by atoms with Gasteiger partial charge in [0.25, 0.3) is 0 Å². The van der Waals surface area contributed by atoms with Gasteiger partial charge in [0.2, 0.25) is 0 Å². The Morgan fingerprint density at radius 1 is 1.00 bits per heavy atom. The van der Waals surface area contributed by atoms with Crippen LogP contribution < -0.4 is 5.73 Å². The molecule has 2 atom stereocenters. The number of anilines is 1. The van der Waals surface area contributed by atoms with Crippen LogP contribution in [0.4, 0.5) is 5.82 Å². The molecule has 2 unspecified atom stereocenters. The van der Waals surface area contributed by atoms with E-state index in [0.29, 0.717) is 17.7 Å². The van der Waals surface area contributed by atoms with Gasteiger partial charge in [0.15, 0.2) is 0 Å². The fourth-order valence-electron chi connectivity index (χ4n) is 3.68. The summed E-state index contributed by atoms with van der Waals surface area (Å²) in [6.45, 7) is 2.24. The van der Waals surface area contributed by atoms with Crippen molar-refractivity contribution in [2.75, 3.05) is 5.73 Å². The first-order valence-corrected chi connectivity index (χ1v) is 8.34. The Kier molecular flexibility index (Phi) is 3.73. The molecule has 1 aliphatic carbocycles. The average molecular weight is 316 g/mol. The quantitative estimate of drug-likeness (QED) is 0.777. The Balaban J connectivity index is 1.78. The SMILES string of the molecule is CC1CC(c2ncc(N)nc2-c2ccccc2)Cc2cccnc21. The van der Waals surface area contributed by atoms with E-state index < -0.39 is 0 Å². The monoisotopic (exact) mass is 316 g/mol. The molecule has 2 N–H and O–H groups in total. The van der Waals surface area contributed by atoms with Crippen LogP contribution in [0, 0.1) is 0 Å². The standard InChI is InChI=1S/C20H20N4/c1-13-10-16(11-15-8-5-9-22-18(13)15)19-20(24-17(21)12-23-19)14-6-3-2-4-7-14/h2-9,12-13,16H,10-11H2,1H3,(H2,21,24). The third-order valence-corrected chi connectivity index (χ3v) is 4.75. The Bertz CT molecular complexity index is 861. The minimum absolute atomic E-state index is 0.333. The van der Waals surface area contributed by atoms with E-state index in [9.17, 15) is 0 Å². The van der Waals surface area contributed by atoms with E-state index >= 15 is 0 Å². The second-order valence-corrected chi connectivity index (χ2v) is 6.48. The number of rotatable bonds is 2. The summed E-state index contributed by atoms with van der Waals surface area (Å²) in [6.07, 6.45) is 5.54. The molecule has 4 rings (SSSR count). The molecule has 0 saturated heterocycles. The number of nitrogens with two attached hydrogens (primary N) is 1.